The average Bonchev–Trinajstić information content (AvgIpc) is 2.92. The van der Waals surface area contributed by atoms with Gasteiger partial charge in [-0.25, -0.2) is 9.18 Å². The van der Waals surface area contributed by atoms with Gasteiger partial charge in [-0.05, 0) is 55.9 Å². The van der Waals surface area contributed by atoms with Crippen LogP contribution in [0.2, 0.25) is 0 Å². The molecule has 1 aromatic heterocycles. The van der Waals surface area contributed by atoms with E-state index in [-0.39, 0.29) is 23.6 Å². The van der Waals surface area contributed by atoms with Crippen LogP contribution in [0, 0.1) is 12.7 Å². The zero-order valence-corrected chi connectivity index (χ0v) is 14.7. The number of nitrogens with one attached hydrogen (secondary N) is 1. The SMILES string of the molecule is CCC(C)OC(=O)c1[nH]c2c(c1C)C(=O)CC(c1ccc(F)cc1)C2. The maximum absolute atomic E-state index is 13.1. The van der Waals surface area contributed by atoms with E-state index in [9.17, 15) is 14.0 Å². The second-order valence-electron chi connectivity index (χ2n) is 6.68. The number of hydrogen-bond donors (Lipinski definition) is 1. The Morgan fingerprint density at radius 3 is 2.64 bits per heavy atom. The molecule has 2 atom stereocenters. The number of rotatable bonds is 4. The number of esters is 1. The molecule has 1 aliphatic rings. The van der Waals surface area contributed by atoms with Gasteiger partial charge in [0.15, 0.2) is 5.78 Å². The van der Waals surface area contributed by atoms with Crippen LogP contribution >= 0.6 is 0 Å². The molecular weight excluding hydrogens is 321 g/mol. The molecule has 0 spiro atoms. The van der Waals surface area contributed by atoms with Crippen LogP contribution in [0.15, 0.2) is 24.3 Å². The number of H-pyrrole nitrogens is 1. The Labute approximate surface area is 146 Å². The molecule has 2 unspecified atom stereocenters. The molecule has 4 nitrogen and oxygen atoms in total. The fourth-order valence-corrected chi connectivity index (χ4v) is 3.33. The number of hydrogen-bond acceptors (Lipinski definition) is 3. The molecule has 5 heteroatoms. The molecule has 1 aliphatic carbocycles. The number of fused-ring (bicyclic) bond motifs is 1. The summed E-state index contributed by atoms with van der Waals surface area (Å²) < 4.78 is 18.5. The fourth-order valence-electron chi connectivity index (χ4n) is 3.33. The Kier molecular flexibility index (Phi) is 4.75. The maximum atomic E-state index is 13.1. The van der Waals surface area contributed by atoms with Gasteiger partial charge in [-0.2, -0.15) is 0 Å². The van der Waals surface area contributed by atoms with Gasteiger partial charge in [0.2, 0.25) is 0 Å². The Morgan fingerprint density at radius 2 is 2.00 bits per heavy atom. The minimum Gasteiger partial charge on any atom is -0.458 e. The Bertz CT molecular complexity index is 807. The number of Topliss-reactive ketones (excluding diaryl/α,β-unsaturated/α-hetero) is 1. The van der Waals surface area contributed by atoms with Crippen LogP contribution < -0.4 is 0 Å². The minimum atomic E-state index is -0.424. The van der Waals surface area contributed by atoms with Crippen molar-refractivity contribution in [2.45, 2.75) is 52.1 Å². The molecule has 0 amide bonds. The third kappa shape index (κ3) is 3.36. The summed E-state index contributed by atoms with van der Waals surface area (Å²) >= 11 is 0. The quantitative estimate of drug-likeness (QED) is 0.841. The number of carbonyl (C=O) groups excluding carboxylic acids is 2. The first-order chi connectivity index (χ1) is 11.9. The van der Waals surface area contributed by atoms with Crippen LogP contribution in [0.25, 0.3) is 0 Å². The third-order valence-corrected chi connectivity index (χ3v) is 4.92. The molecule has 0 radical (unpaired) electrons. The zero-order valence-electron chi connectivity index (χ0n) is 14.7. The summed E-state index contributed by atoms with van der Waals surface area (Å²) in [7, 11) is 0. The number of aromatic amines is 1. The molecule has 0 saturated heterocycles. The number of benzene rings is 1. The van der Waals surface area contributed by atoms with E-state index in [1.165, 1.54) is 12.1 Å². The number of aromatic nitrogens is 1. The van der Waals surface area contributed by atoms with Crippen molar-refractivity contribution in [1.29, 1.82) is 0 Å². The van der Waals surface area contributed by atoms with Gasteiger partial charge in [0.05, 0.1) is 6.10 Å². The molecule has 2 aromatic rings. The predicted molar refractivity (Wildman–Crippen MR) is 92.5 cm³/mol. The molecule has 0 aliphatic heterocycles. The fraction of sp³-hybridized carbons (Fsp3) is 0.400. The lowest BCUT2D eigenvalue weighted by Gasteiger charge is -2.22. The van der Waals surface area contributed by atoms with Crippen molar-refractivity contribution in [2.75, 3.05) is 0 Å². The van der Waals surface area contributed by atoms with E-state index in [2.05, 4.69) is 4.98 Å². The van der Waals surface area contributed by atoms with Gasteiger partial charge >= 0.3 is 5.97 Å². The van der Waals surface area contributed by atoms with Crippen molar-refractivity contribution in [3.63, 3.8) is 0 Å². The maximum Gasteiger partial charge on any atom is 0.355 e. The molecule has 132 valence electrons. The smallest absolute Gasteiger partial charge is 0.355 e. The van der Waals surface area contributed by atoms with Crippen LogP contribution in [-0.4, -0.2) is 22.8 Å². The lowest BCUT2D eigenvalue weighted by atomic mass is 9.81. The highest BCUT2D eigenvalue weighted by molar-refractivity contribution is 6.03. The zero-order chi connectivity index (χ0) is 18.1. The largest absolute Gasteiger partial charge is 0.458 e. The average molecular weight is 343 g/mol. The first-order valence-corrected chi connectivity index (χ1v) is 8.61. The summed E-state index contributed by atoms with van der Waals surface area (Å²) in [5.41, 5.74) is 3.31. The molecule has 25 heavy (non-hydrogen) atoms. The first-order valence-electron chi connectivity index (χ1n) is 8.61. The molecule has 0 saturated carbocycles. The predicted octanol–water partition coefficient (Wildman–Crippen LogP) is 4.33. The Hall–Kier alpha value is -2.43. The highest BCUT2D eigenvalue weighted by Crippen LogP contribution is 2.35. The van der Waals surface area contributed by atoms with E-state index in [4.69, 9.17) is 4.74 Å². The topological polar surface area (TPSA) is 59.2 Å². The van der Waals surface area contributed by atoms with E-state index in [1.807, 2.05) is 13.8 Å². The van der Waals surface area contributed by atoms with Crippen LogP contribution in [0.1, 0.15) is 70.3 Å². The highest BCUT2D eigenvalue weighted by Gasteiger charge is 2.32. The number of ether oxygens (including phenoxy) is 1. The number of ketones is 1. The molecule has 1 N–H and O–H groups in total. The van der Waals surface area contributed by atoms with Crippen molar-refractivity contribution in [1.82, 2.24) is 4.98 Å². The van der Waals surface area contributed by atoms with Gasteiger partial charge in [0.1, 0.15) is 11.5 Å². The van der Waals surface area contributed by atoms with Gasteiger partial charge in [0, 0.05) is 17.7 Å². The standard InChI is InChI=1S/C20H22FNO3/c1-4-11(2)25-20(24)19-12(3)18-16(22-19)9-14(10-17(18)23)13-5-7-15(21)8-6-13/h5-8,11,14,22H,4,9-10H2,1-3H3. The second-order valence-corrected chi connectivity index (χ2v) is 6.68. The third-order valence-electron chi connectivity index (χ3n) is 4.92. The summed E-state index contributed by atoms with van der Waals surface area (Å²) in [5.74, 6) is -0.728. The van der Waals surface area contributed by atoms with E-state index in [0.717, 1.165) is 17.7 Å². The van der Waals surface area contributed by atoms with Crippen molar-refractivity contribution in [3.05, 3.63) is 58.2 Å². The lowest BCUT2D eigenvalue weighted by Crippen LogP contribution is -2.18. The number of halogens is 1. The normalized spacial score (nSPS) is 17.9. The summed E-state index contributed by atoms with van der Waals surface area (Å²) in [6, 6.07) is 6.24. The van der Waals surface area contributed by atoms with E-state index < -0.39 is 5.97 Å². The van der Waals surface area contributed by atoms with Gasteiger partial charge in [-0.3, -0.25) is 4.79 Å². The van der Waals surface area contributed by atoms with Crippen molar-refractivity contribution in [3.8, 4) is 0 Å². The van der Waals surface area contributed by atoms with E-state index in [0.29, 0.717) is 29.7 Å². The lowest BCUT2D eigenvalue weighted by molar-refractivity contribution is 0.0327. The second kappa shape index (κ2) is 6.82. The first kappa shape index (κ1) is 17.4. The Balaban J connectivity index is 1.89. The molecule has 0 bridgehead atoms. The summed E-state index contributed by atoms with van der Waals surface area (Å²) in [6.07, 6.45) is 1.54. The van der Waals surface area contributed by atoms with Crippen molar-refractivity contribution in [2.24, 2.45) is 0 Å². The highest BCUT2D eigenvalue weighted by atomic mass is 19.1. The van der Waals surface area contributed by atoms with Gasteiger partial charge < -0.3 is 9.72 Å². The monoisotopic (exact) mass is 343 g/mol. The minimum absolute atomic E-state index is 0.00640. The van der Waals surface area contributed by atoms with Crippen molar-refractivity contribution < 1.29 is 18.7 Å². The molecule has 0 fully saturated rings. The summed E-state index contributed by atoms with van der Waals surface area (Å²) in [4.78, 5) is 28.1. The van der Waals surface area contributed by atoms with Crippen LogP contribution in [0.3, 0.4) is 0 Å². The Morgan fingerprint density at radius 1 is 1.32 bits per heavy atom. The van der Waals surface area contributed by atoms with Crippen LogP contribution in [-0.2, 0) is 11.2 Å². The molecular formula is C20H22FNO3. The summed E-state index contributed by atoms with van der Waals surface area (Å²) in [5, 5.41) is 0. The molecule has 1 aromatic carbocycles. The van der Waals surface area contributed by atoms with E-state index >= 15 is 0 Å². The van der Waals surface area contributed by atoms with Crippen LogP contribution in [0.4, 0.5) is 4.39 Å². The molecule has 1 heterocycles. The van der Waals surface area contributed by atoms with Gasteiger partial charge in [0.25, 0.3) is 0 Å². The van der Waals surface area contributed by atoms with Gasteiger partial charge in [-0.1, -0.05) is 19.1 Å². The summed E-state index contributed by atoms with van der Waals surface area (Å²) in [6.45, 7) is 5.56. The van der Waals surface area contributed by atoms with Crippen LogP contribution in [0.5, 0.6) is 0 Å². The van der Waals surface area contributed by atoms with E-state index in [1.54, 1.807) is 19.1 Å². The molecule has 3 rings (SSSR count). The number of carbonyl (C=O) groups is 2. The van der Waals surface area contributed by atoms with Gasteiger partial charge in [-0.15, -0.1) is 0 Å². The van der Waals surface area contributed by atoms with Crippen molar-refractivity contribution >= 4 is 11.8 Å².